The SMILES string of the molecule is CCCCCCc1ccccc1C1=NC(C)(C)CO1. The summed E-state index contributed by atoms with van der Waals surface area (Å²) < 4.78 is 5.77. The van der Waals surface area contributed by atoms with Gasteiger partial charge in [0.25, 0.3) is 0 Å². The molecular weight excluding hydrogens is 234 g/mol. The van der Waals surface area contributed by atoms with Crippen molar-refractivity contribution in [1.29, 1.82) is 0 Å². The Morgan fingerprint density at radius 3 is 2.63 bits per heavy atom. The number of unbranched alkanes of at least 4 members (excludes halogenated alkanes) is 3. The largest absolute Gasteiger partial charge is 0.475 e. The number of hydrogen-bond donors (Lipinski definition) is 0. The third-order valence-electron chi connectivity index (χ3n) is 3.51. The maximum Gasteiger partial charge on any atom is 0.217 e. The molecule has 0 bridgehead atoms. The standard InChI is InChI=1S/C17H25NO/c1-4-5-6-7-10-14-11-8-9-12-15(14)16-18-17(2,3)13-19-16/h8-9,11-12H,4-7,10,13H2,1-3H3. The molecule has 0 fully saturated rings. The average molecular weight is 259 g/mol. The maximum atomic E-state index is 5.77. The minimum Gasteiger partial charge on any atom is -0.475 e. The Morgan fingerprint density at radius 2 is 1.95 bits per heavy atom. The summed E-state index contributed by atoms with van der Waals surface area (Å²) in [5, 5.41) is 0. The summed E-state index contributed by atoms with van der Waals surface area (Å²) >= 11 is 0. The van der Waals surface area contributed by atoms with Gasteiger partial charge in [-0.05, 0) is 38.3 Å². The third-order valence-corrected chi connectivity index (χ3v) is 3.51. The number of rotatable bonds is 6. The molecule has 0 atom stereocenters. The van der Waals surface area contributed by atoms with Gasteiger partial charge >= 0.3 is 0 Å². The molecule has 0 saturated heterocycles. The van der Waals surface area contributed by atoms with Gasteiger partial charge in [0.1, 0.15) is 6.61 Å². The second kappa shape index (κ2) is 6.23. The van der Waals surface area contributed by atoms with Crippen LogP contribution in [0.15, 0.2) is 29.3 Å². The Kier molecular flexibility index (Phi) is 4.62. The fourth-order valence-corrected chi connectivity index (χ4v) is 2.41. The van der Waals surface area contributed by atoms with E-state index in [2.05, 4.69) is 45.0 Å². The average Bonchev–Trinajstić information content (AvgIpc) is 2.75. The van der Waals surface area contributed by atoms with Crippen LogP contribution in [0.2, 0.25) is 0 Å². The van der Waals surface area contributed by atoms with Crippen LogP contribution in [0.4, 0.5) is 0 Å². The highest BCUT2D eigenvalue weighted by Crippen LogP contribution is 2.23. The number of hydrogen-bond acceptors (Lipinski definition) is 2. The van der Waals surface area contributed by atoms with E-state index in [-0.39, 0.29) is 5.54 Å². The van der Waals surface area contributed by atoms with Gasteiger partial charge in [-0.15, -0.1) is 0 Å². The number of aliphatic imine (C=N–C) groups is 1. The third kappa shape index (κ3) is 3.82. The smallest absolute Gasteiger partial charge is 0.217 e. The monoisotopic (exact) mass is 259 g/mol. The second-order valence-corrected chi connectivity index (χ2v) is 5.99. The van der Waals surface area contributed by atoms with Crippen LogP contribution in [0.5, 0.6) is 0 Å². The van der Waals surface area contributed by atoms with Crippen LogP contribution in [-0.2, 0) is 11.2 Å². The van der Waals surface area contributed by atoms with Crippen LogP contribution in [0.25, 0.3) is 0 Å². The molecule has 0 unspecified atom stereocenters. The molecule has 1 aromatic carbocycles. The fourth-order valence-electron chi connectivity index (χ4n) is 2.41. The van der Waals surface area contributed by atoms with Crippen LogP contribution in [0.1, 0.15) is 57.6 Å². The molecule has 0 aromatic heterocycles. The van der Waals surface area contributed by atoms with Crippen LogP contribution in [-0.4, -0.2) is 18.0 Å². The van der Waals surface area contributed by atoms with Gasteiger partial charge in [-0.1, -0.05) is 44.4 Å². The van der Waals surface area contributed by atoms with Gasteiger partial charge in [-0.25, -0.2) is 4.99 Å². The van der Waals surface area contributed by atoms with Crippen molar-refractivity contribution in [2.45, 2.75) is 58.4 Å². The quantitative estimate of drug-likeness (QED) is 0.695. The normalized spacial score (nSPS) is 17.1. The summed E-state index contributed by atoms with van der Waals surface area (Å²) in [6.45, 7) is 7.16. The minimum atomic E-state index is -0.0787. The Morgan fingerprint density at radius 1 is 1.16 bits per heavy atom. The predicted octanol–water partition coefficient (Wildman–Crippen LogP) is 4.36. The highest BCUT2D eigenvalue weighted by Gasteiger charge is 2.27. The van der Waals surface area contributed by atoms with E-state index in [0.29, 0.717) is 6.61 Å². The lowest BCUT2D eigenvalue weighted by Crippen LogP contribution is -2.17. The molecule has 0 saturated carbocycles. The molecule has 0 spiro atoms. The minimum absolute atomic E-state index is 0.0787. The molecule has 2 heteroatoms. The summed E-state index contributed by atoms with van der Waals surface area (Å²) in [5.74, 6) is 0.830. The van der Waals surface area contributed by atoms with Crippen molar-refractivity contribution in [3.63, 3.8) is 0 Å². The van der Waals surface area contributed by atoms with E-state index in [1.165, 1.54) is 36.8 Å². The van der Waals surface area contributed by atoms with E-state index in [4.69, 9.17) is 9.73 Å². The maximum absolute atomic E-state index is 5.77. The van der Waals surface area contributed by atoms with Gasteiger partial charge < -0.3 is 4.74 Å². The van der Waals surface area contributed by atoms with Gasteiger partial charge in [0.05, 0.1) is 5.54 Å². The van der Waals surface area contributed by atoms with Gasteiger partial charge in [0, 0.05) is 5.56 Å². The molecule has 1 aliphatic rings. The van der Waals surface area contributed by atoms with Crippen molar-refractivity contribution < 1.29 is 4.74 Å². The topological polar surface area (TPSA) is 21.6 Å². The first kappa shape index (κ1) is 14.1. The zero-order valence-electron chi connectivity index (χ0n) is 12.4. The molecule has 0 N–H and O–H groups in total. The van der Waals surface area contributed by atoms with Crippen molar-refractivity contribution in [3.05, 3.63) is 35.4 Å². The second-order valence-electron chi connectivity index (χ2n) is 5.99. The number of aryl methyl sites for hydroxylation is 1. The molecule has 2 rings (SSSR count). The van der Waals surface area contributed by atoms with Crippen LogP contribution >= 0.6 is 0 Å². The first-order chi connectivity index (χ1) is 9.12. The van der Waals surface area contributed by atoms with E-state index in [9.17, 15) is 0 Å². The van der Waals surface area contributed by atoms with Crippen LogP contribution in [0, 0.1) is 0 Å². The van der Waals surface area contributed by atoms with Crippen molar-refractivity contribution in [2.24, 2.45) is 4.99 Å². The van der Waals surface area contributed by atoms with Crippen LogP contribution in [0.3, 0.4) is 0 Å². The van der Waals surface area contributed by atoms with Gasteiger partial charge in [0.2, 0.25) is 5.90 Å². The number of benzene rings is 1. The first-order valence-electron chi connectivity index (χ1n) is 7.43. The molecule has 104 valence electrons. The zero-order valence-corrected chi connectivity index (χ0v) is 12.4. The molecule has 2 nitrogen and oxygen atoms in total. The Labute approximate surface area is 116 Å². The molecule has 0 radical (unpaired) electrons. The summed E-state index contributed by atoms with van der Waals surface area (Å²) in [4.78, 5) is 4.69. The number of nitrogens with zero attached hydrogens (tertiary/aromatic N) is 1. The highest BCUT2D eigenvalue weighted by atomic mass is 16.5. The van der Waals surface area contributed by atoms with Gasteiger partial charge in [-0.3, -0.25) is 0 Å². The van der Waals surface area contributed by atoms with E-state index in [1.54, 1.807) is 0 Å². The summed E-state index contributed by atoms with van der Waals surface area (Å²) in [5.41, 5.74) is 2.48. The summed E-state index contributed by atoms with van der Waals surface area (Å²) in [6, 6.07) is 8.52. The summed E-state index contributed by atoms with van der Waals surface area (Å²) in [7, 11) is 0. The Balaban J connectivity index is 2.09. The highest BCUT2D eigenvalue weighted by molar-refractivity contribution is 5.96. The van der Waals surface area contributed by atoms with Gasteiger partial charge in [0.15, 0.2) is 0 Å². The predicted molar refractivity (Wildman–Crippen MR) is 80.9 cm³/mol. The number of ether oxygens (including phenoxy) is 1. The van der Waals surface area contributed by atoms with E-state index < -0.39 is 0 Å². The van der Waals surface area contributed by atoms with Crippen molar-refractivity contribution in [1.82, 2.24) is 0 Å². The summed E-state index contributed by atoms with van der Waals surface area (Å²) in [6.07, 6.45) is 6.29. The Bertz CT molecular complexity index is 448. The molecule has 1 heterocycles. The lowest BCUT2D eigenvalue weighted by molar-refractivity contribution is 0.279. The molecule has 0 amide bonds. The van der Waals surface area contributed by atoms with E-state index in [1.807, 2.05) is 0 Å². The van der Waals surface area contributed by atoms with Crippen molar-refractivity contribution in [3.8, 4) is 0 Å². The lowest BCUT2D eigenvalue weighted by atomic mass is 10.0. The fraction of sp³-hybridized carbons (Fsp3) is 0.588. The molecule has 1 aromatic rings. The first-order valence-corrected chi connectivity index (χ1v) is 7.43. The zero-order chi connectivity index (χ0) is 13.7. The van der Waals surface area contributed by atoms with Crippen LogP contribution < -0.4 is 0 Å². The van der Waals surface area contributed by atoms with Crippen molar-refractivity contribution >= 4 is 5.90 Å². The lowest BCUT2D eigenvalue weighted by Gasteiger charge is -2.09. The van der Waals surface area contributed by atoms with E-state index >= 15 is 0 Å². The molecule has 0 aliphatic carbocycles. The molecule has 1 aliphatic heterocycles. The molecule has 19 heavy (non-hydrogen) atoms. The van der Waals surface area contributed by atoms with Gasteiger partial charge in [-0.2, -0.15) is 0 Å². The van der Waals surface area contributed by atoms with Crippen molar-refractivity contribution in [2.75, 3.05) is 6.61 Å². The Hall–Kier alpha value is -1.31. The van der Waals surface area contributed by atoms with E-state index in [0.717, 1.165) is 12.3 Å². The molecular formula is C17H25NO.